The summed E-state index contributed by atoms with van der Waals surface area (Å²) in [5.41, 5.74) is 5.81. The lowest BCUT2D eigenvalue weighted by Gasteiger charge is -2.02. The van der Waals surface area contributed by atoms with E-state index in [1.807, 2.05) is 11.4 Å². The van der Waals surface area contributed by atoms with Gasteiger partial charge < -0.3 is 16.4 Å². The molecule has 0 aliphatic heterocycles. The highest BCUT2D eigenvalue weighted by Gasteiger charge is 2.24. The number of thiazole rings is 1. The number of carbonyl (C=O) groups is 1. The molecule has 2 heterocycles. The van der Waals surface area contributed by atoms with E-state index in [4.69, 9.17) is 5.73 Å². The maximum atomic E-state index is 12.1. The van der Waals surface area contributed by atoms with Crippen LogP contribution in [0.4, 0.5) is 10.9 Å². The molecule has 4 N–H and O–H groups in total. The van der Waals surface area contributed by atoms with Crippen LogP contribution in [0.3, 0.4) is 0 Å². The number of thiophene rings is 1. The molecule has 0 spiro atoms. The summed E-state index contributed by atoms with van der Waals surface area (Å²) >= 11 is 6.35. The first-order chi connectivity index (χ1) is 9.63. The van der Waals surface area contributed by atoms with Crippen molar-refractivity contribution in [3.05, 3.63) is 25.7 Å². The Kier molecular flexibility index (Phi) is 3.95. The molecule has 1 amide bonds. The molecule has 1 saturated carbocycles. The standard InChI is InChI=1S/C12H13BrN4OS2/c13-7-3-4-19-8(7)5-15-11(18)9-10(14)17-12(20-9)16-6-1-2-6/h3-4,6H,1-2,5,14H2,(H,15,18)(H,16,17). The minimum Gasteiger partial charge on any atom is -0.382 e. The first kappa shape index (κ1) is 13.8. The lowest BCUT2D eigenvalue weighted by Crippen LogP contribution is -2.22. The zero-order valence-electron chi connectivity index (χ0n) is 10.5. The highest BCUT2D eigenvalue weighted by atomic mass is 79.9. The van der Waals surface area contributed by atoms with Crippen molar-refractivity contribution in [1.82, 2.24) is 10.3 Å². The Bertz CT molecular complexity index is 635. The number of nitrogen functional groups attached to an aromatic ring is 1. The highest BCUT2D eigenvalue weighted by molar-refractivity contribution is 9.10. The molecule has 8 heteroatoms. The fraction of sp³-hybridized carbons (Fsp3) is 0.333. The van der Waals surface area contributed by atoms with Crippen molar-refractivity contribution in [2.75, 3.05) is 11.1 Å². The van der Waals surface area contributed by atoms with Gasteiger partial charge in [0.25, 0.3) is 5.91 Å². The molecule has 3 rings (SSSR count). The number of hydrogen-bond donors (Lipinski definition) is 3. The van der Waals surface area contributed by atoms with Crippen molar-refractivity contribution in [1.29, 1.82) is 0 Å². The number of nitrogens with one attached hydrogen (secondary N) is 2. The molecular weight excluding hydrogens is 360 g/mol. The quantitative estimate of drug-likeness (QED) is 0.753. The maximum absolute atomic E-state index is 12.1. The molecule has 2 aromatic heterocycles. The maximum Gasteiger partial charge on any atom is 0.265 e. The van der Waals surface area contributed by atoms with Crippen LogP contribution in [0.2, 0.25) is 0 Å². The fourth-order valence-corrected chi connectivity index (χ4v) is 3.96. The lowest BCUT2D eigenvalue weighted by atomic mass is 10.4. The van der Waals surface area contributed by atoms with Crippen molar-refractivity contribution < 1.29 is 4.79 Å². The second kappa shape index (κ2) is 5.71. The second-order valence-electron chi connectivity index (χ2n) is 4.53. The van der Waals surface area contributed by atoms with Gasteiger partial charge in [0.1, 0.15) is 10.7 Å². The molecule has 5 nitrogen and oxygen atoms in total. The normalized spacial score (nSPS) is 14.2. The molecule has 20 heavy (non-hydrogen) atoms. The van der Waals surface area contributed by atoms with Crippen LogP contribution in [0, 0.1) is 0 Å². The zero-order valence-corrected chi connectivity index (χ0v) is 13.7. The molecule has 1 aliphatic rings. The molecule has 0 aromatic carbocycles. The van der Waals surface area contributed by atoms with Crippen molar-refractivity contribution >= 4 is 55.5 Å². The summed E-state index contributed by atoms with van der Waals surface area (Å²) in [5.74, 6) is 0.116. The third-order valence-electron chi connectivity index (χ3n) is 2.87. The van der Waals surface area contributed by atoms with Gasteiger partial charge in [-0.15, -0.1) is 11.3 Å². The van der Waals surface area contributed by atoms with Gasteiger partial charge in [-0.1, -0.05) is 11.3 Å². The van der Waals surface area contributed by atoms with E-state index in [1.165, 1.54) is 11.3 Å². The number of hydrogen-bond acceptors (Lipinski definition) is 6. The molecule has 0 saturated heterocycles. The Morgan fingerprint density at radius 3 is 3.00 bits per heavy atom. The predicted molar refractivity (Wildman–Crippen MR) is 86.4 cm³/mol. The summed E-state index contributed by atoms with van der Waals surface area (Å²) in [6.45, 7) is 0.486. The number of amides is 1. The number of aromatic nitrogens is 1. The Morgan fingerprint density at radius 1 is 1.55 bits per heavy atom. The van der Waals surface area contributed by atoms with Crippen LogP contribution in [0.5, 0.6) is 0 Å². The van der Waals surface area contributed by atoms with Gasteiger partial charge in [-0.25, -0.2) is 4.98 Å². The van der Waals surface area contributed by atoms with Gasteiger partial charge in [0.15, 0.2) is 5.13 Å². The van der Waals surface area contributed by atoms with Crippen molar-refractivity contribution in [2.45, 2.75) is 25.4 Å². The van der Waals surface area contributed by atoms with Gasteiger partial charge in [0.05, 0.1) is 6.54 Å². The van der Waals surface area contributed by atoms with Crippen LogP contribution in [0.25, 0.3) is 0 Å². The van der Waals surface area contributed by atoms with Crippen LogP contribution in [-0.2, 0) is 6.54 Å². The fourth-order valence-electron chi connectivity index (χ4n) is 1.65. The number of anilines is 2. The van der Waals surface area contributed by atoms with Gasteiger partial charge in [-0.2, -0.15) is 0 Å². The molecule has 1 aliphatic carbocycles. The Labute approximate surface area is 132 Å². The van der Waals surface area contributed by atoms with E-state index in [9.17, 15) is 4.79 Å². The van der Waals surface area contributed by atoms with Crippen LogP contribution >= 0.6 is 38.6 Å². The summed E-state index contributed by atoms with van der Waals surface area (Å²) in [5, 5.41) is 8.83. The number of carbonyl (C=O) groups excluding carboxylic acids is 1. The van der Waals surface area contributed by atoms with Gasteiger partial charge in [-0.3, -0.25) is 4.79 Å². The number of rotatable bonds is 5. The number of nitrogens with two attached hydrogens (primary N) is 1. The highest BCUT2D eigenvalue weighted by Crippen LogP contribution is 2.30. The van der Waals surface area contributed by atoms with E-state index in [1.54, 1.807) is 11.3 Å². The summed E-state index contributed by atoms with van der Waals surface area (Å²) in [4.78, 5) is 17.9. The largest absolute Gasteiger partial charge is 0.382 e. The lowest BCUT2D eigenvalue weighted by molar-refractivity contribution is 0.0956. The van der Waals surface area contributed by atoms with Crippen molar-refractivity contribution in [3.8, 4) is 0 Å². The molecular formula is C12H13BrN4OS2. The Balaban J connectivity index is 1.64. The number of halogens is 1. The first-order valence-electron chi connectivity index (χ1n) is 6.16. The van der Waals surface area contributed by atoms with E-state index in [2.05, 4.69) is 31.5 Å². The van der Waals surface area contributed by atoms with Crippen molar-refractivity contribution in [2.24, 2.45) is 0 Å². The average Bonchev–Trinajstić information content (AvgIpc) is 3.01. The average molecular weight is 373 g/mol. The van der Waals surface area contributed by atoms with Crippen LogP contribution < -0.4 is 16.4 Å². The van der Waals surface area contributed by atoms with Crippen LogP contribution in [-0.4, -0.2) is 16.9 Å². The Hall–Kier alpha value is -1.12. The summed E-state index contributed by atoms with van der Waals surface area (Å²) in [6, 6.07) is 2.46. The predicted octanol–water partition coefficient (Wildman–Crippen LogP) is 3.05. The third kappa shape index (κ3) is 3.13. The van der Waals surface area contributed by atoms with Gasteiger partial charge in [-0.05, 0) is 40.2 Å². The zero-order chi connectivity index (χ0) is 14.1. The monoisotopic (exact) mass is 372 g/mol. The SMILES string of the molecule is Nc1nc(NC2CC2)sc1C(=O)NCc1sccc1Br. The minimum absolute atomic E-state index is 0.177. The molecule has 0 bridgehead atoms. The summed E-state index contributed by atoms with van der Waals surface area (Å²) in [6.07, 6.45) is 2.32. The molecule has 0 radical (unpaired) electrons. The van der Waals surface area contributed by atoms with Crippen LogP contribution in [0.15, 0.2) is 15.9 Å². The summed E-state index contributed by atoms with van der Waals surface area (Å²) in [7, 11) is 0. The van der Waals surface area contributed by atoms with E-state index >= 15 is 0 Å². The first-order valence-corrected chi connectivity index (χ1v) is 8.65. The van der Waals surface area contributed by atoms with Gasteiger partial charge >= 0.3 is 0 Å². The van der Waals surface area contributed by atoms with Crippen molar-refractivity contribution in [3.63, 3.8) is 0 Å². The van der Waals surface area contributed by atoms with E-state index in [-0.39, 0.29) is 5.91 Å². The second-order valence-corrected chi connectivity index (χ2v) is 7.38. The topological polar surface area (TPSA) is 80.0 Å². The van der Waals surface area contributed by atoms with E-state index in [0.717, 1.165) is 27.3 Å². The van der Waals surface area contributed by atoms with E-state index < -0.39 is 0 Å². The van der Waals surface area contributed by atoms with Gasteiger partial charge in [0, 0.05) is 15.4 Å². The molecule has 2 aromatic rings. The van der Waals surface area contributed by atoms with Crippen LogP contribution in [0.1, 0.15) is 27.4 Å². The number of nitrogens with zero attached hydrogens (tertiary/aromatic N) is 1. The van der Waals surface area contributed by atoms with Gasteiger partial charge in [0.2, 0.25) is 0 Å². The molecule has 1 fully saturated rings. The smallest absolute Gasteiger partial charge is 0.265 e. The molecule has 0 atom stereocenters. The summed E-state index contributed by atoms with van der Waals surface area (Å²) < 4.78 is 1.01. The molecule has 0 unspecified atom stereocenters. The third-order valence-corrected chi connectivity index (χ3v) is 5.79. The Morgan fingerprint density at radius 2 is 2.35 bits per heavy atom. The van der Waals surface area contributed by atoms with E-state index in [0.29, 0.717) is 23.3 Å². The minimum atomic E-state index is -0.177. The molecule has 106 valence electrons.